The van der Waals surface area contributed by atoms with E-state index in [2.05, 4.69) is 36.1 Å². The lowest BCUT2D eigenvalue weighted by molar-refractivity contribution is -0.384. The van der Waals surface area contributed by atoms with Crippen molar-refractivity contribution in [3.05, 3.63) is 87.5 Å². The van der Waals surface area contributed by atoms with Crippen LogP contribution in [0.3, 0.4) is 0 Å². The van der Waals surface area contributed by atoms with Crippen molar-refractivity contribution in [3.8, 4) is 34.2 Å². The summed E-state index contributed by atoms with van der Waals surface area (Å²) in [5.74, 6) is 0.622. The summed E-state index contributed by atoms with van der Waals surface area (Å²) in [6.45, 7) is 0. The average Bonchev–Trinajstić information content (AvgIpc) is 3.29. The first-order valence-corrected chi connectivity index (χ1v) is 9.98. The Hall–Kier alpha value is -3.98. The molecular weight excluding hydrogens is 462 g/mol. The number of rotatable bonds is 4. The zero-order chi connectivity index (χ0) is 21.4. The van der Waals surface area contributed by atoms with Crippen molar-refractivity contribution in [3.63, 3.8) is 0 Å². The lowest BCUT2D eigenvalue weighted by atomic mass is 10.0. The first kappa shape index (κ1) is 19.0. The summed E-state index contributed by atoms with van der Waals surface area (Å²) >= 11 is 3.41. The van der Waals surface area contributed by atoms with Crippen LogP contribution in [0.1, 0.15) is 0 Å². The summed E-state index contributed by atoms with van der Waals surface area (Å²) in [6.07, 6.45) is 1.64. The molecule has 0 aliphatic rings. The molecule has 0 unspecified atom stereocenters. The molecule has 2 aromatic carbocycles. The molecule has 5 rings (SSSR count). The Kier molecular flexibility index (Phi) is 4.72. The molecule has 0 spiro atoms. The molecule has 5 aromatic rings. The Morgan fingerprint density at radius 3 is 2.52 bits per heavy atom. The second-order valence-electron chi connectivity index (χ2n) is 6.66. The van der Waals surface area contributed by atoms with Gasteiger partial charge in [-0.2, -0.15) is 0 Å². The van der Waals surface area contributed by atoms with Crippen molar-refractivity contribution in [2.45, 2.75) is 0 Å². The molecule has 9 heteroatoms. The smallest absolute Gasteiger partial charge is 0.270 e. The average molecular weight is 474 g/mol. The monoisotopic (exact) mass is 473 g/mol. The van der Waals surface area contributed by atoms with E-state index in [9.17, 15) is 10.1 Å². The van der Waals surface area contributed by atoms with Crippen molar-refractivity contribution in [2.75, 3.05) is 0 Å². The third kappa shape index (κ3) is 3.66. The molecule has 0 atom stereocenters. The van der Waals surface area contributed by atoms with Crippen LogP contribution in [0.15, 0.2) is 81.8 Å². The number of hydrogen-bond donors (Lipinski definition) is 0. The highest BCUT2D eigenvalue weighted by molar-refractivity contribution is 9.10. The fourth-order valence-electron chi connectivity index (χ4n) is 3.20. The number of non-ortho nitro benzene ring substituents is 1. The van der Waals surface area contributed by atoms with Gasteiger partial charge >= 0.3 is 0 Å². The van der Waals surface area contributed by atoms with Crippen molar-refractivity contribution in [1.82, 2.24) is 20.2 Å². The predicted octanol–water partition coefficient (Wildman–Crippen LogP) is 5.68. The van der Waals surface area contributed by atoms with Gasteiger partial charge in [-0.3, -0.25) is 10.1 Å². The number of fused-ring (bicyclic) bond motifs is 1. The molecule has 0 saturated carbocycles. The molecular formula is C22H12BrN5O3. The minimum absolute atomic E-state index is 0.0348. The third-order valence-corrected chi connectivity index (χ3v) is 5.20. The van der Waals surface area contributed by atoms with E-state index < -0.39 is 4.92 Å². The molecule has 0 aliphatic carbocycles. The van der Waals surface area contributed by atoms with Gasteiger partial charge in [0.15, 0.2) is 5.65 Å². The predicted molar refractivity (Wildman–Crippen MR) is 118 cm³/mol. The summed E-state index contributed by atoms with van der Waals surface area (Å²) in [4.78, 5) is 19.8. The van der Waals surface area contributed by atoms with Gasteiger partial charge in [0, 0.05) is 39.3 Å². The normalized spacial score (nSPS) is 11.0. The maximum absolute atomic E-state index is 11.3. The van der Waals surface area contributed by atoms with Gasteiger partial charge in [-0.05, 0) is 42.5 Å². The van der Waals surface area contributed by atoms with Gasteiger partial charge in [-0.1, -0.05) is 28.1 Å². The van der Waals surface area contributed by atoms with Gasteiger partial charge in [0.25, 0.3) is 5.69 Å². The first-order valence-electron chi connectivity index (χ1n) is 9.19. The molecule has 3 aromatic heterocycles. The quantitative estimate of drug-likeness (QED) is 0.243. The van der Waals surface area contributed by atoms with Crippen LogP contribution in [0.2, 0.25) is 0 Å². The Bertz CT molecular complexity index is 1430. The molecule has 150 valence electrons. The van der Waals surface area contributed by atoms with E-state index in [4.69, 9.17) is 4.42 Å². The molecule has 8 nitrogen and oxygen atoms in total. The number of halogens is 1. The highest BCUT2D eigenvalue weighted by atomic mass is 79.9. The number of hydrogen-bond acceptors (Lipinski definition) is 7. The fraction of sp³-hybridized carbons (Fsp3) is 0. The van der Waals surface area contributed by atoms with Crippen molar-refractivity contribution >= 4 is 32.7 Å². The van der Waals surface area contributed by atoms with Crippen LogP contribution < -0.4 is 0 Å². The van der Waals surface area contributed by atoms with E-state index in [1.54, 1.807) is 18.3 Å². The van der Waals surface area contributed by atoms with Crippen LogP contribution in [-0.4, -0.2) is 25.1 Å². The number of pyridine rings is 2. The topological polar surface area (TPSA) is 108 Å². The minimum Gasteiger partial charge on any atom is -0.416 e. The van der Waals surface area contributed by atoms with Crippen LogP contribution in [0, 0.1) is 10.1 Å². The number of nitrogens with zero attached hydrogens (tertiary/aromatic N) is 5. The van der Waals surface area contributed by atoms with Gasteiger partial charge in [0.2, 0.25) is 11.8 Å². The molecule has 3 heterocycles. The molecule has 0 amide bonds. The van der Waals surface area contributed by atoms with Crippen molar-refractivity contribution in [2.24, 2.45) is 0 Å². The van der Waals surface area contributed by atoms with E-state index in [0.29, 0.717) is 28.4 Å². The third-order valence-electron chi connectivity index (χ3n) is 4.67. The maximum atomic E-state index is 11.3. The van der Waals surface area contributed by atoms with Gasteiger partial charge < -0.3 is 4.42 Å². The largest absolute Gasteiger partial charge is 0.416 e. The van der Waals surface area contributed by atoms with Crippen LogP contribution in [0.25, 0.3) is 45.2 Å². The fourth-order valence-corrected chi connectivity index (χ4v) is 3.46. The number of benzene rings is 2. The number of nitro groups is 1. The Morgan fingerprint density at radius 2 is 1.71 bits per heavy atom. The van der Waals surface area contributed by atoms with Gasteiger partial charge in [0.05, 0.1) is 16.2 Å². The second-order valence-corrected chi connectivity index (χ2v) is 7.58. The zero-order valence-electron chi connectivity index (χ0n) is 15.8. The lowest BCUT2D eigenvalue weighted by Crippen LogP contribution is -1.94. The Labute approximate surface area is 183 Å². The first-order chi connectivity index (χ1) is 15.1. The van der Waals surface area contributed by atoms with Crippen LogP contribution in [0.4, 0.5) is 5.69 Å². The van der Waals surface area contributed by atoms with Gasteiger partial charge in [-0.15, -0.1) is 10.2 Å². The molecule has 0 fully saturated rings. The summed E-state index contributed by atoms with van der Waals surface area (Å²) in [6, 6.07) is 19.3. The molecule has 0 saturated heterocycles. The zero-order valence-corrected chi connectivity index (χ0v) is 17.4. The molecule has 0 bridgehead atoms. The van der Waals surface area contributed by atoms with Gasteiger partial charge in [0.1, 0.15) is 0 Å². The SMILES string of the molecule is O=[N+]([O-])c1cccc(-c2nc3ncccc3cc2-c2nnc(-c3ccc(Br)cc3)o2)c1. The Morgan fingerprint density at radius 1 is 0.903 bits per heavy atom. The van der Waals surface area contributed by atoms with E-state index in [1.165, 1.54) is 12.1 Å². The van der Waals surface area contributed by atoms with Crippen molar-refractivity contribution < 1.29 is 9.34 Å². The highest BCUT2D eigenvalue weighted by Crippen LogP contribution is 2.35. The molecule has 31 heavy (non-hydrogen) atoms. The van der Waals surface area contributed by atoms with E-state index in [0.717, 1.165) is 15.4 Å². The standard InChI is InChI=1S/C22H12BrN5O3/c23-16-8-6-13(7-9-16)21-26-27-22(31-21)18-12-15-4-2-10-24-20(15)25-19(18)14-3-1-5-17(11-14)28(29)30/h1-12H. The maximum Gasteiger partial charge on any atom is 0.270 e. The summed E-state index contributed by atoms with van der Waals surface area (Å²) in [7, 11) is 0. The van der Waals surface area contributed by atoms with Crippen LogP contribution in [-0.2, 0) is 0 Å². The van der Waals surface area contributed by atoms with E-state index in [1.807, 2.05) is 42.5 Å². The van der Waals surface area contributed by atoms with Crippen molar-refractivity contribution in [1.29, 1.82) is 0 Å². The summed E-state index contributed by atoms with van der Waals surface area (Å²) in [5.41, 5.74) is 2.85. The van der Waals surface area contributed by atoms with Crippen LogP contribution >= 0.6 is 15.9 Å². The second kappa shape index (κ2) is 7.69. The number of aromatic nitrogens is 4. The molecule has 0 radical (unpaired) electrons. The summed E-state index contributed by atoms with van der Waals surface area (Å²) < 4.78 is 6.89. The molecule has 0 aliphatic heterocycles. The highest BCUT2D eigenvalue weighted by Gasteiger charge is 2.19. The molecule has 0 N–H and O–H groups in total. The van der Waals surface area contributed by atoms with E-state index in [-0.39, 0.29) is 11.6 Å². The minimum atomic E-state index is -0.444. The lowest BCUT2D eigenvalue weighted by Gasteiger charge is -2.08. The Balaban J connectivity index is 1.69. The van der Waals surface area contributed by atoms with Crippen LogP contribution in [0.5, 0.6) is 0 Å². The number of nitro benzene ring substituents is 1. The summed E-state index contributed by atoms with van der Waals surface area (Å²) in [5, 5.41) is 20.4. The van der Waals surface area contributed by atoms with Gasteiger partial charge in [-0.25, -0.2) is 9.97 Å². The van der Waals surface area contributed by atoms with E-state index >= 15 is 0 Å².